The lowest BCUT2D eigenvalue weighted by molar-refractivity contribution is -0.142. The van der Waals surface area contributed by atoms with Gasteiger partial charge in [-0.3, -0.25) is 4.79 Å². The Balaban J connectivity index is 2.32. The van der Waals surface area contributed by atoms with Gasteiger partial charge < -0.3 is 9.47 Å². The van der Waals surface area contributed by atoms with Gasteiger partial charge in [-0.05, 0) is 24.8 Å². The number of para-hydroxylation sites is 1. The van der Waals surface area contributed by atoms with E-state index in [0.29, 0.717) is 0 Å². The standard InChI is InChI=1S/C16H22O3/c1-3-4-9-14(16(17)18-2)13-10-5-7-12-8-6-11-19-15(12)13/h5,7,10,14H,3-4,6,8-9,11H2,1-2H3. The van der Waals surface area contributed by atoms with Crippen molar-refractivity contribution in [2.45, 2.75) is 44.9 Å². The van der Waals surface area contributed by atoms with Gasteiger partial charge in [0.05, 0.1) is 19.6 Å². The molecule has 0 spiro atoms. The van der Waals surface area contributed by atoms with Crippen molar-refractivity contribution in [3.05, 3.63) is 29.3 Å². The zero-order chi connectivity index (χ0) is 13.7. The van der Waals surface area contributed by atoms with E-state index in [0.717, 1.165) is 50.0 Å². The summed E-state index contributed by atoms with van der Waals surface area (Å²) in [6.45, 7) is 2.87. The smallest absolute Gasteiger partial charge is 0.313 e. The van der Waals surface area contributed by atoms with Crippen LogP contribution in [-0.2, 0) is 16.0 Å². The van der Waals surface area contributed by atoms with Crippen molar-refractivity contribution in [3.63, 3.8) is 0 Å². The predicted octanol–water partition coefficient (Wildman–Crippen LogP) is 3.46. The van der Waals surface area contributed by atoms with Gasteiger partial charge in [0.25, 0.3) is 0 Å². The van der Waals surface area contributed by atoms with E-state index in [2.05, 4.69) is 13.0 Å². The van der Waals surface area contributed by atoms with Crippen LogP contribution in [0.25, 0.3) is 0 Å². The molecule has 0 aliphatic carbocycles. The fourth-order valence-electron chi connectivity index (χ4n) is 2.64. The van der Waals surface area contributed by atoms with Gasteiger partial charge in [0.1, 0.15) is 5.75 Å². The van der Waals surface area contributed by atoms with Crippen LogP contribution in [0.1, 0.15) is 49.7 Å². The SMILES string of the molecule is CCCCC(C(=O)OC)c1cccc2c1OCCC2. The van der Waals surface area contributed by atoms with Crippen molar-refractivity contribution >= 4 is 5.97 Å². The highest BCUT2D eigenvalue weighted by molar-refractivity contribution is 5.79. The van der Waals surface area contributed by atoms with Crippen molar-refractivity contribution < 1.29 is 14.3 Å². The third-order valence-electron chi connectivity index (χ3n) is 3.67. The average Bonchev–Trinajstić information content (AvgIpc) is 2.47. The number of methoxy groups -OCH3 is 1. The number of ether oxygens (including phenoxy) is 2. The first kappa shape index (κ1) is 13.9. The number of rotatable bonds is 5. The highest BCUT2D eigenvalue weighted by Gasteiger charge is 2.26. The fourth-order valence-corrected chi connectivity index (χ4v) is 2.64. The average molecular weight is 262 g/mol. The summed E-state index contributed by atoms with van der Waals surface area (Å²) in [6.07, 6.45) is 4.99. The molecule has 3 heteroatoms. The van der Waals surface area contributed by atoms with E-state index in [4.69, 9.17) is 9.47 Å². The van der Waals surface area contributed by atoms with Crippen molar-refractivity contribution in [1.29, 1.82) is 0 Å². The van der Waals surface area contributed by atoms with Crippen LogP contribution in [-0.4, -0.2) is 19.7 Å². The van der Waals surface area contributed by atoms with Gasteiger partial charge in [0.2, 0.25) is 0 Å². The van der Waals surface area contributed by atoms with E-state index in [1.54, 1.807) is 0 Å². The number of fused-ring (bicyclic) bond motifs is 1. The van der Waals surface area contributed by atoms with Crippen molar-refractivity contribution in [2.24, 2.45) is 0 Å². The topological polar surface area (TPSA) is 35.5 Å². The molecular formula is C16H22O3. The Morgan fingerprint density at radius 1 is 1.47 bits per heavy atom. The summed E-state index contributed by atoms with van der Waals surface area (Å²) in [4.78, 5) is 12.0. The van der Waals surface area contributed by atoms with Gasteiger partial charge in [0.15, 0.2) is 0 Å². The normalized spacial score (nSPS) is 15.3. The molecule has 0 amide bonds. The molecule has 1 unspecified atom stereocenters. The molecule has 1 aliphatic heterocycles. The lowest BCUT2D eigenvalue weighted by Crippen LogP contribution is -2.18. The Hall–Kier alpha value is -1.51. The van der Waals surface area contributed by atoms with E-state index < -0.39 is 0 Å². The second kappa shape index (κ2) is 6.60. The molecule has 1 aromatic carbocycles. The number of carbonyl (C=O) groups excluding carboxylic acids is 1. The maximum atomic E-state index is 12.0. The monoisotopic (exact) mass is 262 g/mol. The molecule has 0 saturated heterocycles. The molecule has 2 rings (SSSR count). The van der Waals surface area contributed by atoms with Gasteiger partial charge in [-0.25, -0.2) is 0 Å². The lowest BCUT2D eigenvalue weighted by atomic mass is 9.90. The molecule has 0 fully saturated rings. The molecule has 1 aliphatic rings. The van der Waals surface area contributed by atoms with Crippen LogP contribution in [0.4, 0.5) is 0 Å². The van der Waals surface area contributed by atoms with Gasteiger partial charge in [0, 0.05) is 5.56 Å². The van der Waals surface area contributed by atoms with Crippen LogP contribution in [0, 0.1) is 0 Å². The number of aryl methyl sites for hydroxylation is 1. The highest BCUT2D eigenvalue weighted by Crippen LogP contribution is 2.36. The minimum atomic E-state index is -0.196. The molecule has 0 bridgehead atoms. The molecule has 1 heterocycles. The summed E-state index contributed by atoms with van der Waals surface area (Å²) in [5, 5.41) is 0. The number of esters is 1. The van der Waals surface area contributed by atoms with Crippen LogP contribution in [0.15, 0.2) is 18.2 Å². The minimum Gasteiger partial charge on any atom is -0.493 e. The van der Waals surface area contributed by atoms with E-state index in [9.17, 15) is 4.79 Å². The summed E-state index contributed by atoms with van der Waals surface area (Å²) in [7, 11) is 1.46. The van der Waals surface area contributed by atoms with Gasteiger partial charge in [-0.1, -0.05) is 38.0 Å². The van der Waals surface area contributed by atoms with Gasteiger partial charge in [-0.15, -0.1) is 0 Å². The largest absolute Gasteiger partial charge is 0.493 e. The number of carbonyl (C=O) groups is 1. The molecule has 0 saturated carbocycles. The number of unbranched alkanes of at least 4 members (excludes halogenated alkanes) is 1. The minimum absolute atomic E-state index is 0.156. The first-order valence-corrected chi connectivity index (χ1v) is 7.10. The Kier molecular flexibility index (Phi) is 4.83. The zero-order valence-corrected chi connectivity index (χ0v) is 11.8. The van der Waals surface area contributed by atoms with Crippen LogP contribution in [0.3, 0.4) is 0 Å². The summed E-state index contributed by atoms with van der Waals surface area (Å²) in [5.74, 6) is 0.564. The Bertz CT molecular complexity index is 440. The molecule has 19 heavy (non-hydrogen) atoms. The van der Waals surface area contributed by atoms with Gasteiger partial charge >= 0.3 is 5.97 Å². The van der Waals surface area contributed by atoms with Crippen molar-refractivity contribution in [3.8, 4) is 5.75 Å². The van der Waals surface area contributed by atoms with Gasteiger partial charge in [-0.2, -0.15) is 0 Å². The third-order valence-corrected chi connectivity index (χ3v) is 3.67. The molecule has 0 radical (unpaired) electrons. The fraction of sp³-hybridized carbons (Fsp3) is 0.562. The van der Waals surface area contributed by atoms with Crippen LogP contribution < -0.4 is 4.74 Å². The maximum Gasteiger partial charge on any atom is 0.313 e. The Morgan fingerprint density at radius 3 is 3.05 bits per heavy atom. The second-order valence-corrected chi connectivity index (χ2v) is 5.01. The molecule has 3 nitrogen and oxygen atoms in total. The first-order valence-electron chi connectivity index (χ1n) is 7.10. The van der Waals surface area contributed by atoms with Crippen molar-refractivity contribution in [2.75, 3.05) is 13.7 Å². The third kappa shape index (κ3) is 3.09. The van der Waals surface area contributed by atoms with E-state index >= 15 is 0 Å². The molecule has 0 aromatic heterocycles. The van der Waals surface area contributed by atoms with Crippen LogP contribution in [0.2, 0.25) is 0 Å². The van der Waals surface area contributed by atoms with Crippen LogP contribution in [0.5, 0.6) is 5.75 Å². The Morgan fingerprint density at radius 2 is 2.32 bits per heavy atom. The lowest BCUT2D eigenvalue weighted by Gasteiger charge is -2.24. The van der Waals surface area contributed by atoms with E-state index in [-0.39, 0.29) is 11.9 Å². The predicted molar refractivity (Wildman–Crippen MR) is 74.5 cm³/mol. The number of hydrogen-bond acceptors (Lipinski definition) is 3. The maximum absolute atomic E-state index is 12.0. The summed E-state index contributed by atoms with van der Waals surface area (Å²) < 4.78 is 10.8. The molecule has 1 atom stereocenters. The highest BCUT2D eigenvalue weighted by atomic mass is 16.5. The molecular weight excluding hydrogens is 240 g/mol. The summed E-state index contributed by atoms with van der Waals surface area (Å²) in [5.41, 5.74) is 2.21. The van der Waals surface area contributed by atoms with E-state index in [1.807, 2.05) is 12.1 Å². The number of hydrogen-bond donors (Lipinski definition) is 0. The molecule has 1 aromatic rings. The quantitative estimate of drug-likeness (QED) is 0.762. The summed E-state index contributed by atoms with van der Waals surface area (Å²) >= 11 is 0. The van der Waals surface area contributed by atoms with Crippen molar-refractivity contribution in [1.82, 2.24) is 0 Å². The Labute approximate surface area is 114 Å². The molecule has 0 N–H and O–H groups in total. The summed E-state index contributed by atoms with van der Waals surface area (Å²) in [6, 6.07) is 6.11. The van der Waals surface area contributed by atoms with E-state index in [1.165, 1.54) is 12.7 Å². The second-order valence-electron chi connectivity index (χ2n) is 5.01. The number of benzene rings is 1. The zero-order valence-electron chi connectivity index (χ0n) is 11.8. The first-order chi connectivity index (χ1) is 9.27. The molecule has 104 valence electrons. The van der Waals surface area contributed by atoms with Crippen LogP contribution >= 0.6 is 0 Å².